The molecular formula is C89H160N24O15. The molecule has 1 rings (SSSR count). The van der Waals surface area contributed by atoms with E-state index >= 15 is 19.2 Å². The molecule has 0 aliphatic heterocycles. The standard InChI is InChI=1S/C89H160N24O15/c1-18-38-87(39-19-2,80(126)108-66(48-54(11)12)76(122)103-62(74(90)120)30-26-44-99-83(91)92)111-71(117)33-25-29-61(110-86(97)98)73(119)65(47-53(9)10)106-81(127)88(40-20-3,41-21-4)112-78(124)67(49-55(13)14)102-70(116)32-24-28-60(109-85(95)96)72(118)64(46-52(7)8)107-82(128)89(42-22-5,43-23-6)113-79(125)68(50-56(15)16)105-75(121)63(31-27-45-100-84(93)94)104-77(123)69(101-57(17)114)51-58-34-36-59(115)37-35-58/h34-37,52-56,60-69,115H,18-33,38-51H2,1-17H3,(H2,90,120)(H,101,114)(H,102,116)(H,103,122)(H,104,123)(H,105,121)(H,106,127)(H,107,128)(H,108,126)(H,111,117)(H,112,124)(H,113,125)(H4,91,92,99)(H4,93,94,100)(H4,95,96,109)(H4,97,98,110)/t60-,61-,62-,63-,64-,65-,66-,67-,68-,69-/m0/s1. The zero-order valence-electron chi connectivity index (χ0n) is 79.3. The van der Waals surface area contributed by atoms with E-state index in [0.29, 0.717) is 50.5 Å². The number of rotatable bonds is 66. The number of benzene rings is 1. The maximum absolute atomic E-state index is 15.3. The van der Waals surface area contributed by atoms with Gasteiger partial charge in [0.2, 0.25) is 70.9 Å². The van der Waals surface area contributed by atoms with E-state index in [-0.39, 0.29) is 195 Å². The molecule has 0 fully saturated rings. The van der Waals surface area contributed by atoms with Gasteiger partial charge in [-0.1, -0.05) is 161 Å². The first-order chi connectivity index (χ1) is 60.0. The molecule has 0 radical (unpaired) electrons. The molecule has 0 spiro atoms. The summed E-state index contributed by atoms with van der Waals surface area (Å²) in [4.78, 5) is 218. The molecule has 1 aromatic rings. The van der Waals surface area contributed by atoms with E-state index in [4.69, 9.17) is 51.6 Å². The van der Waals surface area contributed by atoms with E-state index in [1.165, 1.54) is 19.1 Å². The Morgan fingerprint density at radius 3 is 1.01 bits per heavy atom. The van der Waals surface area contributed by atoms with Crippen molar-refractivity contribution in [1.82, 2.24) is 58.5 Å². The molecule has 10 atom stereocenters. The number of aromatic hydroxyl groups is 1. The Morgan fingerprint density at radius 1 is 0.344 bits per heavy atom. The zero-order valence-corrected chi connectivity index (χ0v) is 79.3. The van der Waals surface area contributed by atoms with E-state index in [9.17, 15) is 53.1 Å². The minimum atomic E-state index is -1.67. The molecule has 0 bridgehead atoms. The monoisotopic (exact) mass is 1810 g/mol. The van der Waals surface area contributed by atoms with Crippen molar-refractivity contribution >= 4 is 106 Å². The van der Waals surface area contributed by atoms with Crippen molar-refractivity contribution in [1.29, 1.82) is 0 Å². The Labute approximate surface area is 757 Å². The molecule has 0 heterocycles. The molecule has 0 aromatic heterocycles. The van der Waals surface area contributed by atoms with Gasteiger partial charge in [-0.3, -0.25) is 77.1 Å². The Morgan fingerprint density at radius 2 is 0.656 bits per heavy atom. The topological polar surface area (TPSA) is 675 Å². The maximum atomic E-state index is 15.3. The fourth-order valence-electron chi connectivity index (χ4n) is 15.8. The summed E-state index contributed by atoms with van der Waals surface area (Å²) in [6.07, 6.45) is 3.56. The number of Topliss-reactive ketones (excluding diaryl/α,β-unsaturated/α-hetero) is 2. The first-order valence-electron chi connectivity index (χ1n) is 45.8. The predicted molar refractivity (Wildman–Crippen MR) is 498 cm³/mol. The maximum Gasteiger partial charge on any atom is 0.246 e. The van der Waals surface area contributed by atoms with E-state index in [2.05, 4.69) is 78.5 Å². The van der Waals surface area contributed by atoms with Gasteiger partial charge in [-0.05, 0) is 169 Å². The molecule has 30 N–H and O–H groups in total. The number of phenols is 1. The van der Waals surface area contributed by atoms with Crippen molar-refractivity contribution < 1.29 is 72.2 Å². The van der Waals surface area contributed by atoms with Crippen molar-refractivity contribution in [3.8, 4) is 5.75 Å². The summed E-state index contributed by atoms with van der Waals surface area (Å²) in [6.45, 7) is 30.9. The van der Waals surface area contributed by atoms with E-state index < -0.39 is 171 Å². The Bertz CT molecular complexity index is 3820. The number of primary amides is 1. The molecule has 12 amide bonds. The fraction of sp³-hybridized carbons (Fsp3) is 0.730. The summed E-state index contributed by atoms with van der Waals surface area (Å²) in [6, 6.07) is -6.27. The van der Waals surface area contributed by atoms with Crippen molar-refractivity contribution in [3.05, 3.63) is 29.8 Å². The summed E-state index contributed by atoms with van der Waals surface area (Å²) in [5.74, 6) is -11.4. The van der Waals surface area contributed by atoms with Crippen LogP contribution in [0.4, 0.5) is 0 Å². The van der Waals surface area contributed by atoms with Crippen LogP contribution in [-0.4, -0.2) is 202 Å². The minimum absolute atomic E-state index is 0.0133. The molecule has 0 saturated carbocycles. The van der Waals surface area contributed by atoms with Crippen LogP contribution < -0.4 is 110 Å². The van der Waals surface area contributed by atoms with Gasteiger partial charge in [0.1, 0.15) is 70.7 Å². The van der Waals surface area contributed by atoms with Crippen LogP contribution in [0.5, 0.6) is 5.75 Å². The number of nitrogens with one attached hydrogen (secondary N) is 11. The molecule has 0 aliphatic carbocycles. The Hall–Kier alpha value is -10.9. The zero-order chi connectivity index (χ0) is 97.4. The van der Waals surface area contributed by atoms with Gasteiger partial charge in [0.05, 0.1) is 12.1 Å². The highest BCUT2D eigenvalue weighted by atomic mass is 16.3. The summed E-state index contributed by atoms with van der Waals surface area (Å²) in [5.41, 5.74) is 47.5. The van der Waals surface area contributed by atoms with E-state index in [0.717, 1.165) is 0 Å². The summed E-state index contributed by atoms with van der Waals surface area (Å²) in [7, 11) is 0. The van der Waals surface area contributed by atoms with Gasteiger partial charge >= 0.3 is 0 Å². The average Bonchev–Trinajstić information content (AvgIpc) is 0.808. The Kier molecular flexibility index (Phi) is 53.3. The molecule has 0 aliphatic rings. The predicted octanol–water partition coefficient (Wildman–Crippen LogP) is 2.78. The third-order valence-electron chi connectivity index (χ3n) is 21.5. The molecule has 39 heteroatoms. The third kappa shape index (κ3) is 43.3. The second kappa shape index (κ2) is 59.2. The summed E-state index contributed by atoms with van der Waals surface area (Å²) >= 11 is 0. The van der Waals surface area contributed by atoms with Crippen LogP contribution in [0.3, 0.4) is 0 Å². The smallest absolute Gasteiger partial charge is 0.246 e. The summed E-state index contributed by atoms with van der Waals surface area (Å²) < 4.78 is 0. The van der Waals surface area contributed by atoms with Crippen LogP contribution in [0.15, 0.2) is 44.2 Å². The van der Waals surface area contributed by atoms with Crippen molar-refractivity contribution in [2.24, 2.45) is 101 Å². The number of nitrogens with two attached hydrogens (primary N) is 9. The number of carbonyl (C=O) groups excluding carboxylic acids is 14. The number of hydrogen-bond donors (Lipinski definition) is 21. The number of guanidine groups is 4. The van der Waals surface area contributed by atoms with Crippen LogP contribution in [0.1, 0.15) is 297 Å². The second-order valence-corrected chi connectivity index (χ2v) is 36.0. The molecule has 1 aromatic carbocycles. The highest BCUT2D eigenvalue weighted by Gasteiger charge is 2.46. The highest BCUT2D eigenvalue weighted by molar-refractivity contribution is 6.02. The quantitative estimate of drug-likeness (QED) is 0.0253. The van der Waals surface area contributed by atoms with Crippen molar-refractivity contribution in [2.75, 3.05) is 13.1 Å². The molecular weight excluding hydrogens is 1650 g/mol. The number of hydrogen-bond acceptors (Lipinski definition) is 19. The molecule has 0 saturated heterocycles. The molecule has 39 nitrogen and oxygen atoms in total. The largest absolute Gasteiger partial charge is 0.508 e. The molecule has 128 heavy (non-hydrogen) atoms. The molecule has 726 valence electrons. The normalized spacial score (nSPS) is 14.0. The summed E-state index contributed by atoms with van der Waals surface area (Å²) in [5, 5.41) is 41.4. The number of ketones is 2. The average molecular weight is 1810 g/mol. The van der Waals surface area contributed by atoms with Crippen LogP contribution in [0.2, 0.25) is 0 Å². The lowest BCUT2D eigenvalue weighted by atomic mass is 9.85. The number of amides is 12. The molecule has 0 unspecified atom stereocenters. The van der Waals surface area contributed by atoms with Crippen LogP contribution in [-0.2, 0) is 73.5 Å². The SMILES string of the molecule is CCCC(CCC)(NC(=O)CCC[C@H](N=C(N)N)C(=O)[C@H](CC(C)C)NC(=O)C(CCC)(CCC)NC(=O)[C@H](CC(C)C)NC(=O)CCC[C@H](N=C(N)N)C(=O)[C@H](CC(C)C)NC(=O)C(CCC)(CCC)NC(=O)[C@H](CC(C)C)NC(=O)[C@H](CCCN=C(N)N)NC(=O)[C@H](Cc1ccc(O)cc1)NC(C)=O)C(=O)N[C@@H](CC(C)C)C(=O)N[C@@H](CCCN=C(N)N)C(N)=O. The highest BCUT2D eigenvalue weighted by Crippen LogP contribution is 2.28. The van der Waals surface area contributed by atoms with E-state index in [1.807, 2.05) is 111 Å². The van der Waals surface area contributed by atoms with Gasteiger partial charge in [-0.2, -0.15) is 0 Å². The Balaban J connectivity index is 3.70. The minimum Gasteiger partial charge on any atom is -0.508 e. The van der Waals surface area contributed by atoms with Crippen molar-refractivity contribution in [2.45, 2.75) is 375 Å². The number of aliphatic imine (C=N–C) groups is 4. The van der Waals surface area contributed by atoms with Gasteiger partial charge < -0.3 is 115 Å². The van der Waals surface area contributed by atoms with Crippen molar-refractivity contribution in [3.63, 3.8) is 0 Å². The lowest BCUT2D eigenvalue weighted by molar-refractivity contribution is -0.139. The van der Waals surface area contributed by atoms with Gasteiger partial charge in [0.15, 0.2) is 35.4 Å². The van der Waals surface area contributed by atoms with Crippen LogP contribution in [0.25, 0.3) is 0 Å². The van der Waals surface area contributed by atoms with Gasteiger partial charge in [-0.25, -0.2) is 9.98 Å². The second-order valence-electron chi connectivity index (χ2n) is 36.0. The lowest BCUT2D eigenvalue weighted by Crippen LogP contribution is -2.65. The first-order valence-corrected chi connectivity index (χ1v) is 45.8. The van der Waals surface area contributed by atoms with Gasteiger partial charge in [-0.15, -0.1) is 0 Å². The third-order valence-corrected chi connectivity index (χ3v) is 21.5. The van der Waals surface area contributed by atoms with Gasteiger partial charge in [0, 0.05) is 39.3 Å². The number of carbonyl (C=O) groups is 14. The van der Waals surface area contributed by atoms with E-state index in [1.54, 1.807) is 12.1 Å². The first kappa shape index (κ1) is 115. The number of nitrogens with zero attached hydrogens (tertiary/aromatic N) is 4. The van der Waals surface area contributed by atoms with Gasteiger partial charge in [0.25, 0.3) is 0 Å². The van der Waals surface area contributed by atoms with Crippen LogP contribution >= 0.6 is 0 Å². The van der Waals surface area contributed by atoms with Crippen LogP contribution in [0, 0.1) is 29.6 Å². The lowest BCUT2D eigenvalue weighted by Gasteiger charge is -2.37. The fourth-order valence-corrected chi connectivity index (χ4v) is 15.8. The number of phenolic OH excluding ortho intramolecular Hbond substituents is 1.